The largest absolute Gasteiger partial charge is 0.476 e. The highest BCUT2D eigenvalue weighted by molar-refractivity contribution is 6.11. The zero-order valence-electron chi connectivity index (χ0n) is 20.9. The van der Waals surface area contributed by atoms with Crippen LogP contribution in [0.5, 0.6) is 5.75 Å². The highest BCUT2D eigenvalue weighted by Crippen LogP contribution is 2.22. The van der Waals surface area contributed by atoms with Gasteiger partial charge in [-0.25, -0.2) is 9.59 Å². The van der Waals surface area contributed by atoms with E-state index in [0.29, 0.717) is 0 Å². The van der Waals surface area contributed by atoms with Gasteiger partial charge in [-0.1, -0.05) is 44.2 Å². The fourth-order valence-electron chi connectivity index (χ4n) is 3.05. The van der Waals surface area contributed by atoms with Crippen molar-refractivity contribution in [3.8, 4) is 5.75 Å². The molecule has 0 bridgehead atoms. The second-order valence-corrected chi connectivity index (χ2v) is 9.46. The lowest BCUT2D eigenvalue weighted by atomic mass is 9.97. The average molecular weight is 498 g/mol. The number of amidine groups is 1. The molecule has 0 aliphatic carbocycles. The van der Waals surface area contributed by atoms with E-state index in [2.05, 4.69) is 10.6 Å². The zero-order valence-corrected chi connectivity index (χ0v) is 20.9. The van der Waals surface area contributed by atoms with Gasteiger partial charge in [0.2, 0.25) is 5.78 Å². The molecule has 0 saturated heterocycles. The lowest BCUT2D eigenvalue weighted by Crippen LogP contribution is -2.64. The number of Topliss-reactive ketones (excluding diaryl/α,β-unsaturated/α-hetero) is 1. The lowest BCUT2D eigenvalue weighted by Gasteiger charge is -2.30. The number of carbonyl (C=O) groups is 4. The summed E-state index contributed by atoms with van der Waals surface area (Å²) in [6, 6.07) is 13.3. The standard InChI is InChI=1S/C26H31N3O7/c1-16(2)15-20(30)26(23(32)33,35-19-9-7-6-8-10-19)29-22(31)18-13-11-17(12-14-18)21(27)28-24(34)36-25(3,4)5/h6-14,16H,15H2,1-5H3,(H,29,31)(H,32,33)(H2,27,28,34). The van der Waals surface area contributed by atoms with Crippen molar-refractivity contribution >= 4 is 29.6 Å². The molecular formula is C26H31N3O7. The van der Waals surface area contributed by atoms with Gasteiger partial charge in [0.15, 0.2) is 0 Å². The van der Waals surface area contributed by atoms with E-state index in [1.807, 2.05) is 0 Å². The normalized spacial score (nSPS) is 12.7. The van der Waals surface area contributed by atoms with Crippen LogP contribution in [0.1, 0.15) is 57.0 Å². The minimum Gasteiger partial charge on any atom is -0.476 e. The van der Waals surface area contributed by atoms with Gasteiger partial charge in [-0.05, 0) is 51.0 Å². The average Bonchev–Trinajstić information content (AvgIpc) is 2.77. The van der Waals surface area contributed by atoms with E-state index < -0.39 is 35.1 Å². The Morgan fingerprint density at radius 3 is 2.00 bits per heavy atom. The first kappa shape index (κ1) is 28.0. The van der Waals surface area contributed by atoms with Crippen LogP contribution >= 0.6 is 0 Å². The van der Waals surface area contributed by atoms with Crippen molar-refractivity contribution in [1.82, 2.24) is 10.6 Å². The number of hydrogen-bond donors (Lipinski definition) is 4. The maximum atomic E-state index is 13.0. The third-order valence-corrected chi connectivity index (χ3v) is 4.65. The summed E-state index contributed by atoms with van der Waals surface area (Å²) in [4.78, 5) is 50.3. The number of nitrogens with one attached hydrogen (secondary N) is 3. The maximum absolute atomic E-state index is 13.0. The predicted molar refractivity (Wildman–Crippen MR) is 132 cm³/mol. The van der Waals surface area contributed by atoms with E-state index in [0.717, 1.165) is 0 Å². The van der Waals surface area contributed by atoms with Crippen molar-refractivity contribution in [3.05, 3.63) is 65.7 Å². The van der Waals surface area contributed by atoms with E-state index in [9.17, 15) is 24.3 Å². The highest BCUT2D eigenvalue weighted by atomic mass is 16.6. The minimum absolute atomic E-state index is 0.0171. The quantitative estimate of drug-likeness (QED) is 0.178. The summed E-state index contributed by atoms with van der Waals surface area (Å²) in [7, 11) is 0. The molecule has 36 heavy (non-hydrogen) atoms. The van der Waals surface area contributed by atoms with Crippen molar-refractivity contribution in [1.29, 1.82) is 5.41 Å². The number of amides is 2. The summed E-state index contributed by atoms with van der Waals surface area (Å²) >= 11 is 0. The van der Waals surface area contributed by atoms with Crippen molar-refractivity contribution < 1.29 is 33.8 Å². The molecule has 192 valence electrons. The second kappa shape index (κ2) is 11.5. The van der Waals surface area contributed by atoms with Crippen LogP contribution in [0.25, 0.3) is 0 Å². The number of ketones is 1. The molecule has 2 aromatic carbocycles. The number of carboxylic acids is 1. The summed E-state index contributed by atoms with van der Waals surface area (Å²) in [6.45, 7) is 8.55. The fourth-order valence-corrected chi connectivity index (χ4v) is 3.05. The van der Waals surface area contributed by atoms with Crippen LogP contribution in [0, 0.1) is 11.3 Å². The summed E-state index contributed by atoms with van der Waals surface area (Å²) < 4.78 is 10.7. The Bertz CT molecular complexity index is 1120. The smallest absolute Gasteiger partial charge is 0.413 e. The van der Waals surface area contributed by atoms with Gasteiger partial charge in [0.05, 0.1) is 0 Å². The van der Waals surface area contributed by atoms with Gasteiger partial charge in [-0.3, -0.25) is 25.6 Å². The van der Waals surface area contributed by atoms with Gasteiger partial charge in [0.25, 0.3) is 5.91 Å². The highest BCUT2D eigenvalue weighted by Gasteiger charge is 2.50. The van der Waals surface area contributed by atoms with E-state index in [4.69, 9.17) is 14.9 Å². The summed E-state index contributed by atoms with van der Waals surface area (Å²) in [5, 5.41) is 22.6. The molecule has 4 N–H and O–H groups in total. The molecular weight excluding hydrogens is 466 g/mol. The SMILES string of the molecule is CC(C)CC(=O)C(NC(=O)c1ccc(C(=N)NC(=O)OC(C)(C)C)cc1)(Oc1ccccc1)C(=O)O. The van der Waals surface area contributed by atoms with Gasteiger partial charge in [0, 0.05) is 17.5 Å². The Balaban J connectivity index is 2.27. The van der Waals surface area contributed by atoms with Crippen LogP contribution < -0.4 is 15.4 Å². The molecule has 0 aliphatic rings. The van der Waals surface area contributed by atoms with Gasteiger partial charge >= 0.3 is 17.8 Å². The van der Waals surface area contributed by atoms with Crippen LogP contribution in [-0.2, 0) is 14.3 Å². The van der Waals surface area contributed by atoms with E-state index >= 15 is 0 Å². The third kappa shape index (κ3) is 7.66. The minimum atomic E-state index is -2.65. The number of carboxylic acid groups (broad SMARTS) is 1. The maximum Gasteiger partial charge on any atom is 0.413 e. The molecule has 1 unspecified atom stereocenters. The molecule has 0 fully saturated rings. The Kier molecular flexibility index (Phi) is 8.94. The lowest BCUT2D eigenvalue weighted by molar-refractivity contribution is -0.164. The molecule has 2 rings (SSSR count). The fraction of sp³-hybridized carbons (Fsp3) is 0.346. The third-order valence-electron chi connectivity index (χ3n) is 4.65. The van der Waals surface area contributed by atoms with Gasteiger partial charge < -0.3 is 14.6 Å². The number of aliphatic carboxylic acids is 1. The van der Waals surface area contributed by atoms with Crippen molar-refractivity contribution in [2.75, 3.05) is 0 Å². The Hall–Kier alpha value is -4.21. The molecule has 0 saturated carbocycles. The van der Waals surface area contributed by atoms with Gasteiger partial charge in [0.1, 0.15) is 17.2 Å². The molecule has 1 atom stereocenters. The van der Waals surface area contributed by atoms with E-state index in [-0.39, 0.29) is 35.1 Å². The number of rotatable bonds is 9. The first-order chi connectivity index (χ1) is 16.7. The summed E-state index contributed by atoms with van der Waals surface area (Å²) in [5.41, 5.74) is -3.09. The first-order valence-electron chi connectivity index (χ1n) is 11.3. The van der Waals surface area contributed by atoms with Crippen molar-refractivity contribution in [2.24, 2.45) is 5.92 Å². The molecule has 2 amide bonds. The van der Waals surface area contributed by atoms with Crippen LogP contribution in [0.4, 0.5) is 4.79 Å². The zero-order chi connectivity index (χ0) is 27.1. The molecule has 0 radical (unpaired) electrons. The number of hydrogen-bond acceptors (Lipinski definition) is 7. The molecule has 0 heterocycles. The van der Waals surface area contributed by atoms with Gasteiger partial charge in [-0.2, -0.15) is 0 Å². The van der Waals surface area contributed by atoms with Crippen LogP contribution in [0.3, 0.4) is 0 Å². The number of alkyl carbamates (subject to hydrolysis) is 1. The van der Waals surface area contributed by atoms with E-state index in [1.54, 1.807) is 52.8 Å². The molecule has 10 heteroatoms. The monoisotopic (exact) mass is 497 g/mol. The Labute approximate surface area is 209 Å². The number of ether oxygens (including phenoxy) is 2. The Morgan fingerprint density at radius 2 is 1.50 bits per heavy atom. The van der Waals surface area contributed by atoms with Gasteiger partial charge in [-0.15, -0.1) is 0 Å². The molecule has 2 aromatic rings. The topological polar surface area (TPSA) is 155 Å². The number of benzene rings is 2. The number of carbonyl (C=O) groups excluding carboxylic acids is 3. The predicted octanol–water partition coefficient (Wildman–Crippen LogP) is 3.74. The first-order valence-corrected chi connectivity index (χ1v) is 11.3. The van der Waals surface area contributed by atoms with Crippen LogP contribution in [-0.4, -0.2) is 46.0 Å². The Morgan fingerprint density at radius 1 is 0.944 bits per heavy atom. The molecule has 0 aromatic heterocycles. The van der Waals surface area contributed by atoms with Crippen LogP contribution in [0.15, 0.2) is 54.6 Å². The number of para-hydroxylation sites is 1. The summed E-state index contributed by atoms with van der Waals surface area (Å²) in [5.74, 6) is -3.70. The van der Waals surface area contributed by atoms with E-state index in [1.165, 1.54) is 36.4 Å². The van der Waals surface area contributed by atoms with Crippen molar-refractivity contribution in [2.45, 2.75) is 52.4 Å². The van der Waals surface area contributed by atoms with Crippen molar-refractivity contribution in [3.63, 3.8) is 0 Å². The van der Waals surface area contributed by atoms with Crippen LogP contribution in [0.2, 0.25) is 0 Å². The molecule has 10 nitrogen and oxygen atoms in total. The second-order valence-electron chi connectivity index (χ2n) is 9.46. The molecule has 0 spiro atoms. The molecule has 0 aliphatic heterocycles. The summed E-state index contributed by atoms with van der Waals surface area (Å²) in [6.07, 6.45) is -0.950.